The second-order valence-electron chi connectivity index (χ2n) is 3.17. The molecule has 0 aliphatic rings. The Balaban J connectivity index is 2.84. The average Bonchev–Trinajstić information content (AvgIpc) is 2.30. The summed E-state index contributed by atoms with van der Waals surface area (Å²) in [5, 5.41) is 10.4. The van der Waals surface area contributed by atoms with Gasteiger partial charge in [0.05, 0.1) is 11.5 Å². The van der Waals surface area contributed by atoms with E-state index in [-0.39, 0.29) is 18.0 Å². The fourth-order valence-corrected chi connectivity index (χ4v) is 1.15. The summed E-state index contributed by atoms with van der Waals surface area (Å²) in [5.41, 5.74) is 6.03. The van der Waals surface area contributed by atoms with Crippen LogP contribution in [0.3, 0.4) is 0 Å². The lowest BCUT2D eigenvalue weighted by molar-refractivity contribution is -0.384. The van der Waals surface area contributed by atoms with E-state index in [0.29, 0.717) is 5.56 Å². The Bertz CT molecular complexity index is 451. The largest absolute Gasteiger partial charge is 0.461 e. The van der Waals surface area contributed by atoms with Crippen molar-refractivity contribution in [3.05, 3.63) is 45.6 Å². The lowest BCUT2D eigenvalue weighted by Gasteiger charge is -2.01. The van der Waals surface area contributed by atoms with Gasteiger partial charge in [-0.3, -0.25) is 10.1 Å². The molecule has 0 unspecified atom stereocenters. The van der Waals surface area contributed by atoms with E-state index in [9.17, 15) is 14.9 Å². The number of carbonyl (C=O) groups excluding carboxylic acids is 1. The first-order chi connectivity index (χ1) is 8.04. The number of rotatable bonds is 4. The van der Waals surface area contributed by atoms with Gasteiger partial charge in [-0.1, -0.05) is 0 Å². The van der Waals surface area contributed by atoms with E-state index in [1.54, 1.807) is 6.92 Å². The zero-order chi connectivity index (χ0) is 12.8. The standard InChI is InChI=1S/C11H12N2O4/c1-2-17-11(14)10(12)7-8-3-5-9(6-4-8)13(15)16/h3-7H,2,12H2,1H3/b10-7-. The van der Waals surface area contributed by atoms with Gasteiger partial charge in [0, 0.05) is 12.1 Å². The average molecular weight is 236 g/mol. The maximum Gasteiger partial charge on any atom is 0.354 e. The van der Waals surface area contributed by atoms with Crippen molar-refractivity contribution in [1.29, 1.82) is 0 Å². The fourth-order valence-electron chi connectivity index (χ4n) is 1.15. The number of hydrogen-bond donors (Lipinski definition) is 1. The van der Waals surface area contributed by atoms with Crippen molar-refractivity contribution in [2.75, 3.05) is 6.61 Å². The van der Waals surface area contributed by atoms with Crippen LogP contribution in [0.2, 0.25) is 0 Å². The molecular formula is C11H12N2O4. The molecule has 6 heteroatoms. The number of nitrogens with zero attached hydrogens (tertiary/aromatic N) is 1. The van der Waals surface area contributed by atoms with Gasteiger partial charge in [-0.05, 0) is 30.7 Å². The Kier molecular flexibility index (Phi) is 4.21. The van der Waals surface area contributed by atoms with Gasteiger partial charge in [-0.25, -0.2) is 4.79 Å². The lowest BCUT2D eigenvalue weighted by atomic mass is 10.2. The minimum Gasteiger partial charge on any atom is -0.461 e. The predicted octanol–water partition coefficient (Wildman–Crippen LogP) is 1.46. The molecule has 0 fully saturated rings. The molecule has 0 amide bonds. The number of non-ortho nitro benzene ring substituents is 1. The molecule has 0 radical (unpaired) electrons. The van der Waals surface area contributed by atoms with Crippen LogP contribution >= 0.6 is 0 Å². The highest BCUT2D eigenvalue weighted by Crippen LogP contribution is 2.13. The van der Waals surface area contributed by atoms with Crippen molar-refractivity contribution in [1.82, 2.24) is 0 Å². The van der Waals surface area contributed by atoms with Crippen LogP contribution in [-0.4, -0.2) is 17.5 Å². The molecule has 17 heavy (non-hydrogen) atoms. The minimum absolute atomic E-state index is 0.0168. The summed E-state index contributed by atoms with van der Waals surface area (Å²) < 4.78 is 4.70. The van der Waals surface area contributed by atoms with Gasteiger partial charge in [0.2, 0.25) is 0 Å². The van der Waals surface area contributed by atoms with Crippen LogP contribution in [0.4, 0.5) is 5.69 Å². The maximum atomic E-state index is 11.2. The molecule has 2 N–H and O–H groups in total. The van der Waals surface area contributed by atoms with Crippen LogP contribution in [0.25, 0.3) is 6.08 Å². The second-order valence-corrected chi connectivity index (χ2v) is 3.17. The Labute approximate surface area is 97.8 Å². The van der Waals surface area contributed by atoms with E-state index in [4.69, 9.17) is 10.5 Å². The number of nitro groups is 1. The van der Waals surface area contributed by atoms with E-state index in [2.05, 4.69) is 0 Å². The second kappa shape index (κ2) is 5.64. The predicted molar refractivity (Wildman–Crippen MR) is 61.9 cm³/mol. The Morgan fingerprint density at radius 3 is 2.53 bits per heavy atom. The molecule has 0 aliphatic carbocycles. The molecule has 0 atom stereocenters. The van der Waals surface area contributed by atoms with Gasteiger partial charge >= 0.3 is 5.97 Å². The van der Waals surface area contributed by atoms with Crippen LogP contribution in [0.1, 0.15) is 12.5 Å². The van der Waals surface area contributed by atoms with Crippen LogP contribution in [-0.2, 0) is 9.53 Å². The molecule has 0 bridgehead atoms. The zero-order valence-corrected chi connectivity index (χ0v) is 9.25. The number of nitrogens with two attached hydrogens (primary N) is 1. The highest BCUT2D eigenvalue weighted by Gasteiger charge is 2.07. The highest BCUT2D eigenvalue weighted by atomic mass is 16.6. The van der Waals surface area contributed by atoms with E-state index in [0.717, 1.165) is 0 Å². The monoisotopic (exact) mass is 236 g/mol. The quantitative estimate of drug-likeness (QED) is 0.369. The molecule has 0 aliphatic heterocycles. The van der Waals surface area contributed by atoms with E-state index < -0.39 is 10.9 Å². The molecular weight excluding hydrogens is 224 g/mol. The van der Waals surface area contributed by atoms with Crippen molar-refractivity contribution in [3.63, 3.8) is 0 Å². The first-order valence-electron chi connectivity index (χ1n) is 4.93. The van der Waals surface area contributed by atoms with Gasteiger partial charge in [-0.2, -0.15) is 0 Å². The fraction of sp³-hybridized carbons (Fsp3) is 0.182. The number of nitro benzene ring substituents is 1. The van der Waals surface area contributed by atoms with Crippen LogP contribution < -0.4 is 5.73 Å². The first-order valence-corrected chi connectivity index (χ1v) is 4.93. The molecule has 1 rings (SSSR count). The maximum absolute atomic E-state index is 11.2. The van der Waals surface area contributed by atoms with Crippen molar-refractivity contribution in [2.24, 2.45) is 5.73 Å². The first kappa shape index (κ1) is 12.7. The summed E-state index contributed by atoms with van der Waals surface area (Å²) in [6.07, 6.45) is 1.40. The van der Waals surface area contributed by atoms with Crippen LogP contribution in [0.15, 0.2) is 30.0 Å². The number of benzene rings is 1. The summed E-state index contributed by atoms with van der Waals surface area (Å²) in [6.45, 7) is 1.92. The molecule has 90 valence electrons. The Morgan fingerprint density at radius 2 is 2.06 bits per heavy atom. The molecule has 1 aromatic carbocycles. The zero-order valence-electron chi connectivity index (χ0n) is 9.25. The molecule has 0 aromatic heterocycles. The Hall–Kier alpha value is -2.37. The highest BCUT2D eigenvalue weighted by molar-refractivity contribution is 5.92. The van der Waals surface area contributed by atoms with Crippen molar-refractivity contribution in [3.8, 4) is 0 Å². The molecule has 0 spiro atoms. The summed E-state index contributed by atoms with van der Waals surface area (Å²) in [5.74, 6) is -0.606. The van der Waals surface area contributed by atoms with E-state index in [1.807, 2.05) is 0 Å². The normalized spacial score (nSPS) is 11.0. The van der Waals surface area contributed by atoms with Gasteiger partial charge in [0.1, 0.15) is 5.70 Å². The van der Waals surface area contributed by atoms with E-state index in [1.165, 1.54) is 30.3 Å². The van der Waals surface area contributed by atoms with Crippen molar-refractivity contribution in [2.45, 2.75) is 6.92 Å². The molecule has 0 saturated carbocycles. The van der Waals surface area contributed by atoms with Gasteiger partial charge in [0.15, 0.2) is 0 Å². The summed E-state index contributed by atoms with van der Waals surface area (Å²) in [7, 11) is 0. The van der Waals surface area contributed by atoms with Gasteiger partial charge in [-0.15, -0.1) is 0 Å². The molecule has 6 nitrogen and oxygen atoms in total. The van der Waals surface area contributed by atoms with Crippen molar-refractivity contribution >= 4 is 17.7 Å². The third kappa shape index (κ3) is 3.60. The summed E-state index contributed by atoms with van der Waals surface area (Å²) >= 11 is 0. The third-order valence-electron chi connectivity index (χ3n) is 1.94. The van der Waals surface area contributed by atoms with Crippen LogP contribution in [0.5, 0.6) is 0 Å². The van der Waals surface area contributed by atoms with Gasteiger partial charge < -0.3 is 10.5 Å². The van der Waals surface area contributed by atoms with Gasteiger partial charge in [0.25, 0.3) is 5.69 Å². The summed E-state index contributed by atoms with van der Waals surface area (Å²) in [6, 6.07) is 5.68. The number of ether oxygens (including phenoxy) is 1. The van der Waals surface area contributed by atoms with Crippen molar-refractivity contribution < 1.29 is 14.5 Å². The third-order valence-corrected chi connectivity index (χ3v) is 1.94. The summed E-state index contributed by atoms with van der Waals surface area (Å²) in [4.78, 5) is 21.1. The number of hydrogen-bond acceptors (Lipinski definition) is 5. The smallest absolute Gasteiger partial charge is 0.354 e. The number of carbonyl (C=O) groups is 1. The molecule has 1 aromatic rings. The lowest BCUT2D eigenvalue weighted by Crippen LogP contribution is -2.14. The SMILES string of the molecule is CCOC(=O)/C(N)=C/c1ccc([N+](=O)[O-])cc1. The molecule has 0 saturated heterocycles. The number of esters is 1. The Morgan fingerprint density at radius 1 is 1.47 bits per heavy atom. The van der Waals surface area contributed by atoms with Crippen LogP contribution in [0, 0.1) is 10.1 Å². The van der Waals surface area contributed by atoms with E-state index >= 15 is 0 Å². The topological polar surface area (TPSA) is 95.5 Å². The molecule has 0 heterocycles. The minimum atomic E-state index is -0.606.